The van der Waals surface area contributed by atoms with Gasteiger partial charge in [-0.15, -0.1) is 0 Å². The van der Waals surface area contributed by atoms with Gasteiger partial charge in [-0.1, -0.05) is 11.6 Å². The average Bonchev–Trinajstić information content (AvgIpc) is 2.16. The van der Waals surface area contributed by atoms with Gasteiger partial charge >= 0.3 is 5.97 Å². The van der Waals surface area contributed by atoms with Crippen LogP contribution in [0.2, 0.25) is 5.02 Å². The number of anilines is 1. The molecule has 0 unspecified atom stereocenters. The maximum atomic E-state index is 11.1. The minimum Gasteiger partial charge on any atom is -0.481 e. The van der Waals surface area contributed by atoms with Crippen molar-refractivity contribution >= 4 is 29.2 Å². The Morgan fingerprint density at radius 1 is 1.44 bits per heavy atom. The van der Waals surface area contributed by atoms with Crippen LogP contribution in [0.25, 0.3) is 0 Å². The van der Waals surface area contributed by atoms with Gasteiger partial charge in [0, 0.05) is 17.3 Å². The zero-order valence-corrected chi connectivity index (χ0v) is 9.12. The molecule has 4 N–H and O–H groups in total. The normalized spacial score (nSPS) is 9.81. The first-order valence-corrected chi connectivity index (χ1v) is 4.93. The molecule has 5 nitrogen and oxygen atoms in total. The minimum absolute atomic E-state index is 0.0509. The third-order valence-corrected chi connectivity index (χ3v) is 2.14. The molecule has 0 radical (unpaired) electrons. The van der Waals surface area contributed by atoms with E-state index in [1.807, 2.05) is 0 Å². The largest absolute Gasteiger partial charge is 0.481 e. The van der Waals surface area contributed by atoms with E-state index in [1.54, 1.807) is 6.07 Å². The Labute approximate surface area is 97.2 Å². The highest BCUT2D eigenvalue weighted by molar-refractivity contribution is 6.31. The molecule has 0 aliphatic rings. The first-order chi connectivity index (χ1) is 7.50. The first kappa shape index (κ1) is 12.3. The van der Waals surface area contributed by atoms with Gasteiger partial charge in [-0.05, 0) is 18.2 Å². The molecule has 0 aliphatic heterocycles. The van der Waals surface area contributed by atoms with Gasteiger partial charge in [0.05, 0.1) is 12.0 Å². The molecule has 0 saturated carbocycles. The second kappa shape index (κ2) is 5.37. The number of carbonyl (C=O) groups is 2. The molecule has 0 aliphatic carbocycles. The molecule has 6 heteroatoms. The predicted molar refractivity (Wildman–Crippen MR) is 60.7 cm³/mol. The van der Waals surface area contributed by atoms with Gasteiger partial charge in [-0.2, -0.15) is 0 Å². The SMILES string of the molecule is NC(=O)c1ccc(Cl)cc1NCCC(=O)O. The summed E-state index contributed by atoms with van der Waals surface area (Å²) in [5.74, 6) is -1.51. The van der Waals surface area contributed by atoms with Gasteiger partial charge in [0.25, 0.3) is 5.91 Å². The van der Waals surface area contributed by atoms with E-state index in [-0.39, 0.29) is 18.5 Å². The third-order valence-electron chi connectivity index (χ3n) is 1.90. The van der Waals surface area contributed by atoms with Crippen LogP contribution in [-0.2, 0) is 4.79 Å². The quantitative estimate of drug-likeness (QED) is 0.726. The van der Waals surface area contributed by atoms with E-state index < -0.39 is 11.9 Å². The molecule has 0 fully saturated rings. The van der Waals surface area contributed by atoms with Crippen molar-refractivity contribution in [3.05, 3.63) is 28.8 Å². The molecule has 16 heavy (non-hydrogen) atoms. The Balaban J connectivity index is 2.80. The van der Waals surface area contributed by atoms with E-state index >= 15 is 0 Å². The number of nitrogens with one attached hydrogen (secondary N) is 1. The summed E-state index contributed by atoms with van der Waals surface area (Å²) in [5, 5.41) is 11.7. The topological polar surface area (TPSA) is 92.4 Å². The monoisotopic (exact) mass is 242 g/mol. The lowest BCUT2D eigenvalue weighted by Crippen LogP contribution is -2.15. The number of carboxylic acid groups (broad SMARTS) is 1. The van der Waals surface area contributed by atoms with Crippen molar-refractivity contribution in [1.82, 2.24) is 0 Å². The fourth-order valence-electron chi connectivity index (χ4n) is 1.18. The van der Waals surface area contributed by atoms with Crippen LogP contribution in [0.4, 0.5) is 5.69 Å². The summed E-state index contributed by atoms with van der Waals surface area (Å²) >= 11 is 5.75. The first-order valence-electron chi connectivity index (χ1n) is 4.55. The number of amides is 1. The highest BCUT2D eigenvalue weighted by atomic mass is 35.5. The number of hydrogen-bond acceptors (Lipinski definition) is 3. The average molecular weight is 243 g/mol. The number of nitrogens with two attached hydrogens (primary N) is 1. The number of benzene rings is 1. The van der Waals surface area contributed by atoms with Crippen LogP contribution in [0.15, 0.2) is 18.2 Å². The van der Waals surface area contributed by atoms with Crippen LogP contribution in [0.1, 0.15) is 16.8 Å². The highest BCUT2D eigenvalue weighted by Crippen LogP contribution is 2.20. The van der Waals surface area contributed by atoms with Crippen molar-refractivity contribution in [2.75, 3.05) is 11.9 Å². The van der Waals surface area contributed by atoms with Crippen molar-refractivity contribution < 1.29 is 14.7 Å². The van der Waals surface area contributed by atoms with E-state index in [0.717, 1.165) is 0 Å². The number of carbonyl (C=O) groups excluding carboxylic acids is 1. The maximum Gasteiger partial charge on any atom is 0.305 e. The molecule has 0 bridgehead atoms. The Morgan fingerprint density at radius 3 is 2.69 bits per heavy atom. The maximum absolute atomic E-state index is 11.1. The standard InChI is InChI=1S/C10H11ClN2O3/c11-6-1-2-7(10(12)16)8(5-6)13-4-3-9(14)15/h1-2,5,13H,3-4H2,(H2,12,16)(H,14,15). The molecule has 0 aromatic heterocycles. The van der Waals surface area contributed by atoms with Crippen LogP contribution in [0.5, 0.6) is 0 Å². The van der Waals surface area contributed by atoms with Gasteiger partial charge in [0.15, 0.2) is 0 Å². The van der Waals surface area contributed by atoms with E-state index in [0.29, 0.717) is 10.7 Å². The molecular formula is C10H11ClN2O3. The summed E-state index contributed by atoms with van der Waals surface area (Å²) in [7, 11) is 0. The van der Waals surface area contributed by atoms with Crippen molar-refractivity contribution in [2.45, 2.75) is 6.42 Å². The van der Waals surface area contributed by atoms with E-state index in [4.69, 9.17) is 22.4 Å². The number of hydrogen-bond donors (Lipinski definition) is 3. The summed E-state index contributed by atoms with van der Waals surface area (Å²) in [6, 6.07) is 4.57. The van der Waals surface area contributed by atoms with Crippen LogP contribution >= 0.6 is 11.6 Å². The van der Waals surface area contributed by atoms with E-state index in [1.165, 1.54) is 12.1 Å². The summed E-state index contributed by atoms with van der Waals surface area (Å²) in [4.78, 5) is 21.4. The fourth-order valence-corrected chi connectivity index (χ4v) is 1.35. The Kier molecular flexibility index (Phi) is 4.13. The minimum atomic E-state index is -0.921. The van der Waals surface area contributed by atoms with Gasteiger partial charge in [-0.3, -0.25) is 9.59 Å². The molecule has 0 atom stereocenters. The summed E-state index contributed by atoms with van der Waals surface area (Å²) in [6.07, 6.45) is -0.0509. The zero-order chi connectivity index (χ0) is 12.1. The summed E-state index contributed by atoms with van der Waals surface area (Å²) in [5.41, 5.74) is 5.89. The van der Waals surface area contributed by atoms with Crippen LogP contribution in [0, 0.1) is 0 Å². The zero-order valence-electron chi connectivity index (χ0n) is 8.37. The smallest absolute Gasteiger partial charge is 0.305 e. The number of aliphatic carboxylic acids is 1. The van der Waals surface area contributed by atoms with Gasteiger partial charge in [-0.25, -0.2) is 0 Å². The van der Waals surface area contributed by atoms with Gasteiger partial charge in [0.2, 0.25) is 0 Å². The number of rotatable bonds is 5. The lowest BCUT2D eigenvalue weighted by molar-refractivity contribution is -0.136. The predicted octanol–water partition coefficient (Wildman–Crippen LogP) is 1.33. The summed E-state index contributed by atoms with van der Waals surface area (Å²) < 4.78 is 0. The number of primary amides is 1. The van der Waals surface area contributed by atoms with Crippen molar-refractivity contribution in [3.63, 3.8) is 0 Å². The molecule has 86 valence electrons. The molecule has 1 rings (SSSR count). The summed E-state index contributed by atoms with van der Waals surface area (Å²) in [6.45, 7) is 0.204. The van der Waals surface area contributed by atoms with Crippen LogP contribution < -0.4 is 11.1 Å². The third kappa shape index (κ3) is 3.43. The molecule has 0 heterocycles. The molecule has 1 amide bonds. The van der Waals surface area contributed by atoms with Crippen LogP contribution in [0.3, 0.4) is 0 Å². The molecule has 1 aromatic carbocycles. The Hall–Kier alpha value is -1.75. The van der Waals surface area contributed by atoms with E-state index in [9.17, 15) is 9.59 Å². The highest BCUT2D eigenvalue weighted by Gasteiger charge is 2.08. The number of carboxylic acids is 1. The van der Waals surface area contributed by atoms with Crippen molar-refractivity contribution in [1.29, 1.82) is 0 Å². The van der Waals surface area contributed by atoms with Gasteiger partial charge < -0.3 is 16.2 Å². The van der Waals surface area contributed by atoms with Crippen molar-refractivity contribution in [3.8, 4) is 0 Å². The van der Waals surface area contributed by atoms with Crippen LogP contribution in [-0.4, -0.2) is 23.5 Å². The second-order valence-corrected chi connectivity index (χ2v) is 3.56. The van der Waals surface area contributed by atoms with E-state index in [2.05, 4.69) is 5.32 Å². The lowest BCUT2D eigenvalue weighted by atomic mass is 10.1. The molecule has 0 spiro atoms. The number of halogens is 1. The molecule has 1 aromatic rings. The molecular weight excluding hydrogens is 232 g/mol. The fraction of sp³-hybridized carbons (Fsp3) is 0.200. The van der Waals surface area contributed by atoms with Gasteiger partial charge in [0.1, 0.15) is 0 Å². The molecule has 0 saturated heterocycles. The second-order valence-electron chi connectivity index (χ2n) is 3.12. The Morgan fingerprint density at radius 2 is 2.12 bits per heavy atom. The Bertz CT molecular complexity index is 421. The lowest BCUT2D eigenvalue weighted by Gasteiger charge is -2.09. The van der Waals surface area contributed by atoms with Crippen molar-refractivity contribution in [2.24, 2.45) is 5.73 Å².